The lowest BCUT2D eigenvalue weighted by Crippen LogP contribution is -2.62. The maximum atomic E-state index is 13.4. The summed E-state index contributed by atoms with van der Waals surface area (Å²) in [7, 11) is 3.16. The van der Waals surface area contributed by atoms with Gasteiger partial charge in [-0.15, -0.1) is 0 Å². The van der Waals surface area contributed by atoms with Crippen molar-refractivity contribution < 1.29 is 14.4 Å². The SMILES string of the molecule is CCCN1C(C(=O)N2CCc3ncncc3C2)=CC2C(=O)N(C)C(=O)N(C)C21. The zero-order chi connectivity index (χ0) is 20.0. The van der Waals surface area contributed by atoms with Crippen molar-refractivity contribution in [3.05, 3.63) is 35.6 Å². The molecular weight excluding hydrogens is 360 g/mol. The van der Waals surface area contributed by atoms with Crippen LogP contribution in [0.1, 0.15) is 24.6 Å². The smallest absolute Gasteiger partial charge is 0.327 e. The van der Waals surface area contributed by atoms with E-state index in [0.29, 0.717) is 31.8 Å². The van der Waals surface area contributed by atoms with Gasteiger partial charge >= 0.3 is 6.03 Å². The van der Waals surface area contributed by atoms with Crippen molar-refractivity contribution in [2.75, 3.05) is 27.2 Å². The van der Waals surface area contributed by atoms with Gasteiger partial charge in [0.25, 0.3) is 5.91 Å². The van der Waals surface area contributed by atoms with Crippen LogP contribution in [0.5, 0.6) is 0 Å². The van der Waals surface area contributed by atoms with Crippen molar-refractivity contribution in [2.24, 2.45) is 5.92 Å². The van der Waals surface area contributed by atoms with Crippen LogP contribution in [-0.2, 0) is 22.6 Å². The zero-order valence-corrected chi connectivity index (χ0v) is 16.3. The second-order valence-corrected chi connectivity index (χ2v) is 7.45. The molecule has 0 aromatic carbocycles. The maximum Gasteiger partial charge on any atom is 0.327 e. The van der Waals surface area contributed by atoms with Crippen molar-refractivity contribution in [1.82, 2.24) is 29.6 Å². The minimum absolute atomic E-state index is 0.117. The molecule has 4 heterocycles. The summed E-state index contributed by atoms with van der Waals surface area (Å²) in [6.07, 6.45) is 6.04. The van der Waals surface area contributed by atoms with Crippen LogP contribution in [0.2, 0.25) is 0 Å². The van der Waals surface area contributed by atoms with E-state index < -0.39 is 12.1 Å². The monoisotopic (exact) mass is 384 g/mol. The Hall–Kier alpha value is -2.97. The number of rotatable bonds is 3. The van der Waals surface area contributed by atoms with Crippen LogP contribution in [0.15, 0.2) is 24.3 Å². The van der Waals surface area contributed by atoms with E-state index in [-0.39, 0.29) is 17.8 Å². The molecule has 28 heavy (non-hydrogen) atoms. The van der Waals surface area contributed by atoms with Gasteiger partial charge in [-0.1, -0.05) is 6.92 Å². The van der Waals surface area contributed by atoms with Crippen molar-refractivity contribution in [2.45, 2.75) is 32.5 Å². The number of carbonyl (C=O) groups is 3. The summed E-state index contributed by atoms with van der Waals surface area (Å²) in [6, 6.07) is -0.349. The van der Waals surface area contributed by atoms with Gasteiger partial charge in [0.2, 0.25) is 5.91 Å². The Morgan fingerprint density at radius 2 is 2.07 bits per heavy atom. The number of fused-ring (bicyclic) bond motifs is 2. The van der Waals surface area contributed by atoms with E-state index in [4.69, 9.17) is 0 Å². The van der Waals surface area contributed by atoms with Gasteiger partial charge < -0.3 is 14.7 Å². The topological polar surface area (TPSA) is 90.0 Å². The Kier molecular flexibility index (Phi) is 4.52. The minimum atomic E-state index is -0.529. The molecule has 1 aromatic rings. The molecule has 2 atom stereocenters. The van der Waals surface area contributed by atoms with Gasteiger partial charge in [0, 0.05) is 51.9 Å². The molecular formula is C19H24N6O3. The van der Waals surface area contributed by atoms with Crippen molar-refractivity contribution >= 4 is 17.8 Å². The van der Waals surface area contributed by atoms with Gasteiger partial charge in [-0.05, 0) is 12.5 Å². The molecule has 9 heteroatoms. The molecule has 0 N–H and O–H groups in total. The second-order valence-electron chi connectivity index (χ2n) is 7.45. The number of urea groups is 1. The number of hydrogen-bond donors (Lipinski definition) is 0. The molecule has 4 amide bonds. The summed E-state index contributed by atoms with van der Waals surface area (Å²) in [4.78, 5) is 53.2. The lowest BCUT2D eigenvalue weighted by Gasteiger charge is -2.43. The summed E-state index contributed by atoms with van der Waals surface area (Å²) in [5, 5.41) is 0. The minimum Gasteiger partial charge on any atom is -0.346 e. The molecule has 1 fully saturated rings. The fraction of sp³-hybridized carbons (Fsp3) is 0.526. The van der Waals surface area contributed by atoms with Crippen molar-refractivity contribution in [1.29, 1.82) is 0 Å². The normalized spacial score (nSPS) is 24.3. The Morgan fingerprint density at radius 1 is 1.29 bits per heavy atom. The first kappa shape index (κ1) is 18.4. The van der Waals surface area contributed by atoms with Gasteiger partial charge in [-0.3, -0.25) is 14.5 Å². The molecule has 0 aliphatic carbocycles. The number of aromatic nitrogens is 2. The first-order valence-corrected chi connectivity index (χ1v) is 9.54. The lowest BCUT2D eigenvalue weighted by atomic mass is 10.0. The van der Waals surface area contributed by atoms with E-state index in [0.717, 1.165) is 22.6 Å². The molecule has 3 aliphatic rings. The number of nitrogens with zero attached hydrogens (tertiary/aromatic N) is 6. The third-order valence-corrected chi connectivity index (χ3v) is 5.72. The standard InChI is InChI=1S/C19H24N6O3/c1-4-6-25-15(8-13-16(25)22(2)19(28)23(3)17(13)26)18(27)24-7-5-14-12(10-24)9-20-11-21-14/h8-9,11,13,16H,4-7,10H2,1-3H3. The fourth-order valence-electron chi connectivity index (χ4n) is 4.29. The molecule has 4 rings (SSSR count). The predicted octanol–water partition coefficient (Wildman–Crippen LogP) is 0.437. The van der Waals surface area contributed by atoms with Gasteiger partial charge in [0.1, 0.15) is 18.2 Å². The summed E-state index contributed by atoms with van der Waals surface area (Å²) in [5.41, 5.74) is 2.42. The van der Waals surface area contributed by atoms with Crippen molar-refractivity contribution in [3.8, 4) is 0 Å². The molecule has 0 radical (unpaired) electrons. The van der Waals surface area contributed by atoms with Gasteiger partial charge in [-0.2, -0.15) is 0 Å². The van der Waals surface area contributed by atoms with Crippen LogP contribution in [0.3, 0.4) is 0 Å². The highest BCUT2D eigenvalue weighted by atomic mass is 16.2. The summed E-state index contributed by atoms with van der Waals surface area (Å²) < 4.78 is 0. The number of imide groups is 1. The Bertz CT molecular complexity index is 869. The van der Waals surface area contributed by atoms with Crippen LogP contribution in [0, 0.1) is 5.92 Å². The van der Waals surface area contributed by atoms with Gasteiger partial charge in [0.05, 0.1) is 11.6 Å². The van der Waals surface area contributed by atoms with Crippen LogP contribution in [0.4, 0.5) is 4.79 Å². The molecule has 9 nitrogen and oxygen atoms in total. The predicted molar refractivity (Wildman–Crippen MR) is 99.4 cm³/mol. The Balaban J connectivity index is 1.63. The third-order valence-electron chi connectivity index (χ3n) is 5.72. The fourth-order valence-corrected chi connectivity index (χ4v) is 4.29. The van der Waals surface area contributed by atoms with E-state index in [9.17, 15) is 14.4 Å². The van der Waals surface area contributed by atoms with E-state index in [1.165, 1.54) is 13.4 Å². The molecule has 0 saturated carbocycles. The average molecular weight is 384 g/mol. The highest BCUT2D eigenvalue weighted by molar-refractivity contribution is 6.02. The quantitative estimate of drug-likeness (QED) is 0.751. The largest absolute Gasteiger partial charge is 0.346 e. The molecule has 1 aromatic heterocycles. The average Bonchev–Trinajstić information content (AvgIpc) is 3.09. The first-order valence-electron chi connectivity index (χ1n) is 9.54. The zero-order valence-electron chi connectivity index (χ0n) is 16.3. The molecule has 1 saturated heterocycles. The number of carbonyl (C=O) groups excluding carboxylic acids is 3. The molecule has 0 spiro atoms. The highest BCUT2D eigenvalue weighted by Crippen LogP contribution is 2.35. The van der Waals surface area contributed by atoms with Crippen LogP contribution < -0.4 is 0 Å². The third kappa shape index (κ3) is 2.73. The second kappa shape index (κ2) is 6.88. The molecule has 3 aliphatic heterocycles. The summed E-state index contributed by atoms with van der Waals surface area (Å²) >= 11 is 0. The summed E-state index contributed by atoms with van der Waals surface area (Å²) in [5.74, 6) is -0.915. The van der Waals surface area contributed by atoms with E-state index >= 15 is 0 Å². The van der Waals surface area contributed by atoms with Gasteiger partial charge in [0.15, 0.2) is 0 Å². The van der Waals surface area contributed by atoms with Crippen LogP contribution in [-0.4, -0.2) is 80.8 Å². The van der Waals surface area contributed by atoms with E-state index in [2.05, 4.69) is 9.97 Å². The van der Waals surface area contributed by atoms with E-state index in [1.807, 2.05) is 11.8 Å². The number of amides is 4. The van der Waals surface area contributed by atoms with E-state index in [1.54, 1.807) is 29.1 Å². The molecule has 0 bridgehead atoms. The first-order chi connectivity index (χ1) is 13.4. The Labute approximate surface area is 163 Å². The highest BCUT2D eigenvalue weighted by Gasteiger charge is 2.50. The maximum absolute atomic E-state index is 13.4. The van der Waals surface area contributed by atoms with Crippen molar-refractivity contribution in [3.63, 3.8) is 0 Å². The lowest BCUT2D eigenvalue weighted by molar-refractivity contribution is -0.138. The molecule has 2 unspecified atom stereocenters. The van der Waals surface area contributed by atoms with Crippen LogP contribution >= 0.6 is 0 Å². The van der Waals surface area contributed by atoms with Crippen LogP contribution in [0.25, 0.3) is 0 Å². The van der Waals surface area contributed by atoms with Gasteiger partial charge in [-0.25, -0.2) is 14.8 Å². The summed E-state index contributed by atoms with van der Waals surface area (Å²) in [6.45, 7) is 3.63. The molecule has 148 valence electrons. The number of hydrogen-bond acceptors (Lipinski definition) is 6. The Morgan fingerprint density at radius 3 is 2.82 bits per heavy atom.